The normalized spacial score (nSPS) is 11.5. The molecule has 21 heavy (non-hydrogen) atoms. The predicted octanol–water partition coefficient (Wildman–Crippen LogP) is 5.93. The van der Waals surface area contributed by atoms with Crippen molar-refractivity contribution in [2.45, 2.75) is 19.6 Å². The standard InChI is InChI=1S/C15H12Cl2F3N/c1-9-5-6-10(7-13(9)17)8-21-14-11(15(18,19)20)3-2-4-12(14)16/h2-7,21H,8H2,1H3. The summed E-state index contributed by atoms with van der Waals surface area (Å²) in [6.07, 6.45) is -4.46. The molecule has 0 aromatic heterocycles. The van der Waals surface area contributed by atoms with Gasteiger partial charge >= 0.3 is 6.18 Å². The number of benzene rings is 2. The Balaban J connectivity index is 2.25. The molecule has 0 fully saturated rings. The number of hydrogen-bond acceptors (Lipinski definition) is 1. The number of rotatable bonds is 3. The van der Waals surface area contributed by atoms with E-state index in [9.17, 15) is 13.2 Å². The Morgan fingerprint density at radius 3 is 2.38 bits per heavy atom. The van der Waals surface area contributed by atoms with Crippen LogP contribution in [-0.2, 0) is 12.7 Å². The Morgan fingerprint density at radius 2 is 1.76 bits per heavy atom. The van der Waals surface area contributed by atoms with Crippen LogP contribution >= 0.6 is 23.2 Å². The van der Waals surface area contributed by atoms with Crippen molar-refractivity contribution in [1.29, 1.82) is 0 Å². The van der Waals surface area contributed by atoms with Gasteiger partial charge in [0.1, 0.15) is 0 Å². The lowest BCUT2D eigenvalue weighted by molar-refractivity contribution is -0.136. The van der Waals surface area contributed by atoms with Crippen molar-refractivity contribution >= 4 is 28.9 Å². The molecule has 0 bridgehead atoms. The summed E-state index contributed by atoms with van der Waals surface area (Å²) in [4.78, 5) is 0. The lowest BCUT2D eigenvalue weighted by Crippen LogP contribution is -2.11. The minimum atomic E-state index is -4.46. The molecule has 0 atom stereocenters. The third kappa shape index (κ3) is 3.83. The topological polar surface area (TPSA) is 12.0 Å². The zero-order chi connectivity index (χ0) is 15.6. The molecule has 1 nitrogen and oxygen atoms in total. The summed E-state index contributed by atoms with van der Waals surface area (Å²) in [5, 5.41) is 3.34. The largest absolute Gasteiger partial charge is 0.418 e. The molecule has 0 aliphatic carbocycles. The summed E-state index contributed by atoms with van der Waals surface area (Å²) in [7, 11) is 0. The first-order valence-corrected chi connectivity index (χ1v) is 6.89. The van der Waals surface area contributed by atoms with Gasteiger partial charge in [-0.05, 0) is 36.2 Å². The first-order valence-electron chi connectivity index (χ1n) is 6.13. The van der Waals surface area contributed by atoms with Crippen molar-refractivity contribution in [3.05, 3.63) is 63.1 Å². The van der Waals surface area contributed by atoms with Gasteiger partial charge in [0.05, 0.1) is 16.3 Å². The minimum Gasteiger partial charge on any atom is -0.379 e. The van der Waals surface area contributed by atoms with Gasteiger partial charge in [0.25, 0.3) is 0 Å². The number of hydrogen-bond donors (Lipinski definition) is 1. The first-order chi connectivity index (χ1) is 9.79. The van der Waals surface area contributed by atoms with Crippen molar-refractivity contribution in [1.82, 2.24) is 0 Å². The van der Waals surface area contributed by atoms with E-state index in [2.05, 4.69) is 5.32 Å². The van der Waals surface area contributed by atoms with Crippen LogP contribution in [0.2, 0.25) is 10.0 Å². The monoisotopic (exact) mass is 333 g/mol. The molecule has 0 saturated carbocycles. The molecule has 2 rings (SSSR count). The molecular formula is C15H12Cl2F3N. The maximum Gasteiger partial charge on any atom is 0.418 e. The molecule has 1 N–H and O–H groups in total. The van der Waals surface area contributed by atoms with Crippen LogP contribution in [0.4, 0.5) is 18.9 Å². The zero-order valence-electron chi connectivity index (χ0n) is 11.1. The van der Waals surface area contributed by atoms with Crippen LogP contribution in [0.3, 0.4) is 0 Å². The van der Waals surface area contributed by atoms with Crippen molar-refractivity contribution in [3.63, 3.8) is 0 Å². The summed E-state index contributed by atoms with van der Waals surface area (Å²) in [6.45, 7) is 2.06. The highest BCUT2D eigenvalue weighted by atomic mass is 35.5. The van der Waals surface area contributed by atoms with Gasteiger partial charge in [-0.3, -0.25) is 0 Å². The Hall–Kier alpha value is -1.39. The van der Waals surface area contributed by atoms with Crippen molar-refractivity contribution in [2.24, 2.45) is 0 Å². The van der Waals surface area contributed by atoms with Crippen LogP contribution in [0.15, 0.2) is 36.4 Å². The lowest BCUT2D eigenvalue weighted by Gasteiger charge is -2.16. The maximum absolute atomic E-state index is 13.0. The van der Waals surface area contributed by atoms with Crippen LogP contribution in [0, 0.1) is 6.92 Å². The number of para-hydroxylation sites is 1. The van der Waals surface area contributed by atoms with E-state index in [1.54, 1.807) is 12.1 Å². The van der Waals surface area contributed by atoms with Crippen LogP contribution in [0.25, 0.3) is 0 Å². The number of aryl methyl sites for hydroxylation is 1. The van der Waals surface area contributed by atoms with Gasteiger partial charge in [0.15, 0.2) is 0 Å². The molecule has 0 spiro atoms. The van der Waals surface area contributed by atoms with E-state index >= 15 is 0 Å². The molecule has 112 valence electrons. The van der Waals surface area contributed by atoms with E-state index in [1.807, 2.05) is 13.0 Å². The predicted molar refractivity (Wildman–Crippen MR) is 80.0 cm³/mol. The Bertz CT molecular complexity index is 654. The summed E-state index contributed by atoms with van der Waals surface area (Å²) >= 11 is 11.9. The van der Waals surface area contributed by atoms with E-state index < -0.39 is 11.7 Å². The third-order valence-electron chi connectivity index (χ3n) is 3.02. The molecule has 0 radical (unpaired) electrons. The number of nitrogens with one attached hydrogen (secondary N) is 1. The third-order valence-corrected chi connectivity index (χ3v) is 3.75. The van der Waals surface area contributed by atoms with Crippen LogP contribution in [0.1, 0.15) is 16.7 Å². The Morgan fingerprint density at radius 1 is 1.05 bits per heavy atom. The molecule has 0 amide bonds. The summed E-state index contributed by atoms with van der Waals surface area (Å²) < 4.78 is 38.9. The Labute approximate surface area is 130 Å². The van der Waals surface area contributed by atoms with Gasteiger partial charge in [-0.2, -0.15) is 13.2 Å². The molecule has 0 aliphatic heterocycles. The highest BCUT2D eigenvalue weighted by molar-refractivity contribution is 6.33. The fourth-order valence-electron chi connectivity index (χ4n) is 1.88. The van der Waals surface area contributed by atoms with Gasteiger partial charge in [-0.25, -0.2) is 0 Å². The Kier molecular flexibility index (Phi) is 4.69. The van der Waals surface area contributed by atoms with Gasteiger partial charge in [0.2, 0.25) is 0 Å². The van der Waals surface area contributed by atoms with Crippen LogP contribution < -0.4 is 5.32 Å². The van der Waals surface area contributed by atoms with Gasteiger partial charge < -0.3 is 5.32 Å². The van der Waals surface area contributed by atoms with Crippen molar-refractivity contribution in [3.8, 4) is 0 Å². The van der Waals surface area contributed by atoms with E-state index in [-0.39, 0.29) is 17.3 Å². The average Bonchev–Trinajstić information content (AvgIpc) is 2.40. The molecule has 6 heteroatoms. The molecule has 2 aromatic rings. The quantitative estimate of drug-likeness (QED) is 0.733. The average molecular weight is 334 g/mol. The second-order valence-corrected chi connectivity index (χ2v) is 5.41. The second-order valence-electron chi connectivity index (χ2n) is 4.60. The molecule has 0 saturated heterocycles. The molecule has 0 aliphatic rings. The highest BCUT2D eigenvalue weighted by Gasteiger charge is 2.34. The van der Waals surface area contributed by atoms with Crippen molar-refractivity contribution < 1.29 is 13.2 Å². The second kappa shape index (κ2) is 6.16. The maximum atomic E-state index is 13.0. The molecule has 0 heterocycles. The fourth-order valence-corrected chi connectivity index (χ4v) is 2.32. The molecule has 0 unspecified atom stereocenters. The highest BCUT2D eigenvalue weighted by Crippen LogP contribution is 2.38. The summed E-state index contributed by atoms with van der Waals surface area (Å²) in [6, 6.07) is 9.03. The van der Waals surface area contributed by atoms with Gasteiger partial charge in [-0.15, -0.1) is 0 Å². The number of halogens is 5. The van der Waals surface area contributed by atoms with Crippen LogP contribution in [0.5, 0.6) is 0 Å². The fraction of sp³-hybridized carbons (Fsp3) is 0.200. The minimum absolute atomic E-state index is 0.0306. The van der Waals surface area contributed by atoms with Crippen LogP contribution in [-0.4, -0.2) is 0 Å². The van der Waals surface area contributed by atoms with Crippen molar-refractivity contribution in [2.75, 3.05) is 5.32 Å². The summed E-state index contributed by atoms with van der Waals surface area (Å²) in [5.41, 5.74) is 0.782. The van der Waals surface area contributed by atoms with E-state index in [0.717, 1.165) is 17.2 Å². The van der Waals surface area contributed by atoms with Gasteiger partial charge in [0, 0.05) is 11.6 Å². The van der Waals surface area contributed by atoms with E-state index in [1.165, 1.54) is 12.1 Å². The smallest absolute Gasteiger partial charge is 0.379 e. The molecule has 2 aromatic carbocycles. The zero-order valence-corrected chi connectivity index (χ0v) is 12.6. The lowest BCUT2D eigenvalue weighted by atomic mass is 10.1. The number of anilines is 1. The van der Waals surface area contributed by atoms with E-state index in [0.29, 0.717) is 5.02 Å². The SMILES string of the molecule is Cc1ccc(CNc2c(Cl)cccc2C(F)(F)F)cc1Cl. The van der Waals surface area contributed by atoms with Gasteiger partial charge in [-0.1, -0.05) is 41.4 Å². The molecular weight excluding hydrogens is 322 g/mol. The number of alkyl halides is 3. The summed E-state index contributed by atoms with van der Waals surface area (Å²) in [5.74, 6) is 0. The van der Waals surface area contributed by atoms with E-state index in [4.69, 9.17) is 23.2 Å². The first kappa shape index (κ1) is 16.0.